The molecular weight excluding hydrogens is 256 g/mol. The highest BCUT2D eigenvalue weighted by atomic mass is 35.5. The van der Waals surface area contributed by atoms with Crippen LogP contribution in [-0.2, 0) is 4.79 Å². The van der Waals surface area contributed by atoms with Crippen LogP contribution in [0.5, 0.6) is 0 Å². The molecule has 1 amide bonds. The molecule has 18 heavy (non-hydrogen) atoms. The van der Waals surface area contributed by atoms with Crippen molar-refractivity contribution in [2.24, 2.45) is 11.1 Å². The number of hydrogen-bond donors (Lipinski definition) is 3. The van der Waals surface area contributed by atoms with Gasteiger partial charge in [-0.1, -0.05) is 11.6 Å². The summed E-state index contributed by atoms with van der Waals surface area (Å²) in [4.78, 5) is 22.8. The largest absolute Gasteiger partial charge is 0.478 e. The van der Waals surface area contributed by atoms with E-state index in [1.165, 1.54) is 18.2 Å². The number of amides is 1. The third-order valence-electron chi connectivity index (χ3n) is 3.19. The van der Waals surface area contributed by atoms with Gasteiger partial charge in [-0.05, 0) is 31.0 Å². The second-order valence-electron chi connectivity index (χ2n) is 4.44. The lowest BCUT2D eigenvalue weighted by Gasteiger charge is -2.14. The Morgan fingerprint density at radius 2 is 2.11 bits per heavy atom. The van der Waals surface area contributed by atoms with E-state index in [1.54, 1.807) is 0 Å². The van der Waals surface area contributed by atoms with Crippen LogP contribution in [0.1, 0.15) is 23.2 Å². The Morgan fingerprint density at radius 3 is 2.61 bits per heavy atom. The molecule has 0 heterocycles. The molecule has 0 bridgehead atoms. The minimum Gasteiger partial charge on any atom is -0.478 e. The zero-order valence-corrected chi connectivity index (χ0v) is 10.3. The van der Waals surface area contributed by atoms with Crippen LogP contribution in [0.3, 0.4) is 0 Å². The second kappa shape index (κ2) is 4.59. The molecule has 1 saturated carbocycles. The molecular formula is C12H13ClN2O3. The highest BCUT2D eigenvalue weighted by Crippen LogP contribution is 2.45. The Bertz CT molecular complexity index is 512. The van der Waals surface area contributed by atoms with Crippen molar-refractivity contribution in [2.45, 2.75) is 12.8 Å². The van der Waals surface area contributed by atoms with Crippen molar-refractivity contribution in [3.63, 3.8) is 0 Å². The molecule has 0 spiro atoms. The van der Waals surface area contributed by atoms with Crippen LogP contribution in [0.15, 0.2) is 18.2 Å². The number of nitrogens with two attached hydrogens (primary N) is 1. The van der Waals surface area contributed by atoms with Gasteiger partial charge >= 0.3 is 5.97 Å². The average molecular weight is 269 g/mol. The molecule has 1 aromatic carbocycles. The third-order valence-corrected chi connectivity index (χ3v) is 3.52. The molecule has 1 fully saturated rings. The summed E-state index contributed by atoms with van der Waals surface area (Å²) in [6.07, 6.45) is 1.51. The van der Waals surface area contributed by atoms with Crippen LogP contribution >= 0.6 is 11.6 Å². The first-order valence-corrected chi connectivity index (χ1v) is 5.91. The van der Waals surface area contributed by atoms with Gasteiger partial charge in [-0.3, -0.25) is 4.79 Å². The number of anilines is 1. The van der Waals surface area contributed by atoms with Gasteiger partial charge in [0.1, 0.15) is 0 Å². The summed E-state index contributed by atoms with van der Waals surface area (Å²) in [5.74, 6) is -1.27. The number of carboxylic acids is 1. The first-order chi connectivity index (χ1) is 8.48. The summed E-state index contributed by atoms with van der Waals surface area (Å²) >= 11 is 5.92. The minimum absolute atomic E-state index is 0.0762. The maximum absolute atomic E-state index is 12.0. The number of hydrogen-bond acceptors (Lipinski definition) is 3. The molecule has 1 aromatic rings. The smallest absolute Gasteiger partial charge is 0.335 e. The van der Waals surface area contributed by atoms with Gasteiger partial charge in [-0.15, -0.1) is 0 Å². The summed E-state index contributed by atoms with van der Waals surface area (Å²) in [5.41, 5.74) is 5.44. The van der Waals surface area contributed by atoms with E-state index in [-0.39, 0.29) is 18.0 Å². The fourth-order valence-electron chi connectivity index (χ4n) is 1.68. The second-order valence-corrected chi connectivity index (χ2v) is 4.85. The van der Waals surface area contributed by atoms with Gasteiger partial charge < -0.3 is 16.2 Å². The number of carboxylic acid groups (broad SMARTS) is 1. The van der Waals surface area contributed by atoms with E-state index in [0.717, 1.165) is 12.8 Å². The molecule has 1 aliphatic carbocycles. The Balaban J connectivity index is 2.21. The lowest BCUT2D eigenvalue weighted by Crippen LogP contribution is -2.31. The molecule has 5 nitrogen and oxygen atoms in total. The normalized spacial score (nSPS) is 16.1. The molecule has 2 rings (SSSR count). The predicted octanol–water partition coefficient (Wildman–Crippen LogP) is 1.72. The van der Waals surface area contributed by atoms with Crippen molar-refractivity contribution < 1.29 is 14.7 Å². The van der Waals surface area contributed by atoms with Crippen LogP contribution in [0, 0.1) is 5.41 Å². The molecule has 0 saturated heterocycles. The van der Waals surface area contributed by atoms with E-state index >= 15 is 0 Å². The highest BCUT2D eigenvalue weighted by Gasteiger charge is 2.48. The number of benzene rings is 1. The topological polar surface area (TPSA) is 92.4 Å². The Kier molecular flexibility index (Phi) is 3.28. The van der Waals surface area contributed by atoms with Crippen molar-refractivity contribution in [3.8, 4) is 0 Å². The summed E-state index contributed by atoms with van der Waals surface area (Å²) in [7, 11) is 0. The minimum atomic E-state index is -1.07. The van der Waals surface area contributed by atoms with Crippen LogP contribution < -0.4 is 11.1 Å². The van der Waals surface area contributed by atoms with Crippen molar-refractivity contribution in [2.75, 3.05) is 11.9 Å². The Labute approximate surface area is 109 Å². The molecule has 1 aliphatic rings. The molecule has 0 aliphatic heterocycles. The Hall–Kier alpha value is -1.59. The summed E-state index contributed by atoms with van der Waals surface area (Å²) in [5, 5.41) is 11.8. The number of carbonyl (C=O) groups is 2. The SMILES string of the molecule is NCC1(C(=O)Nc2cc(C(=O)O)ccc2Cl)CC1. The predicted molar refractivity (Wildman–Crippen MR) is 67.8 cm³/mol. The fourth-order valence-corrected chi connectivity index (χ4v) is 1.85. The van der Waals surface area contributed by atoms with Gasteiger partial charge in [0.2, 0.25) is 5.91 Å². The van der Waals surface area contributed by atoms with E-state index in [1.807, 2.05) is 0 Å². The lowest BCUT2D eigenvalue weighted by atomic mass is 10.1. The van der Waals surface area contributed by atoms with E-state index in [9.17, 15) is 9.59 Å². The summed E-state index contributed by atoms with van der Waals surface area (Å²) in [6, 6.07) is 4.17. The average Bonchev–Trinajstić information content (AvgIpc) is 3.12. The van der Waals surface area contributed by atoms with Crippen molar-refractivity contribution >= 4 is 29.2 Å². The van der Waals surface area contributed by atoms with Crippen LogP contribution in [0.25, 0.3) is 0 Å². The van der Waals surface area contributed by atoms with E-state index in [2.05, 4.69) is 5.32 Å². The van der Waals surface area contributed by atoms with E-state index in [4.69, 9.17) is 22.4 Å². The quantitative estimate of drug-likeness (QED) is 0.775. The first-order valence-electron chi connectivity index (χ1n) is 5.53. The number of nitrogens with one attached hydrogen (secondary N) is 1. The number of aromatic carboxylic acids is 1. The van der Waals surface area contributed by atoms with Gasteiger partial charge in [0.25, 0.3) is 0 Å². The maximum Gasteiger partial charge on any atom is 0.335 e. The Morgan fingerprint density at radius 1 is 1.44 bits per heavy atom. The van der Waals surface area contributed by atoms with Crippen molar-refractivity contribution in [1.82, 2.24) is 0 Å². The van der Waals surface area contributed by atoms with Gasteiger partial charge in [0, 0.05) is 6.54 Å². The van der Waals surface area contributed by atoms with Crippen molar-refractivity contribution in [3.05, 3.63) is 28.8 Å². The van der Waals surface area contributed by atoms with E-state index in [0.29, 0.717) is 10.7 Å². The molecule has 4 N–H and O–H groups in total. The molecule has 0 unspecified atom stereocenters. The van der Waals surface area contributed by atoms with E-state index < -0.39 is 11.4 Å². The number of rotatable bonds is 4. The van der Waals surface area contributed by atoms with Crippen LogP contribution in [0.4, 0.5) is 5.69 Å². The van der Waals surface area contributed by atoms with Gasteiger partial charge in [0.15, 0.2) is 0 Å². The zero-order valence-electron chi connectivity index (χ0n) is 9.57. The summed E-state index contributed by atoms with van der Waals surface area (Å²) < 4.78 is 0. The molecule has 0 radical (unpaired) electrons. The molecule has 96 valence electrons. The van der Waals surface area contributed by atoms with Crippen LogP contribution in [-0.4, -0.2) is 23.5 Å². The highest BCUT2D eigenvalue weighted by molar-refractivity contribution is 6.34. The third kappa shape index (κ3) is 2.32. The summed E-state index contributed by atoms with van der Waals surface area (Å²) in [6.45, 7) is 0.287. The molecule has 6 heteroatoms. The van der Waals surface area contributed by atoms with Gasteiger partial charge in [-0.25, -0.2) is 4.79 Å². The standard InChI is InChI=1S/C12H13ClN2O3/c13-8-2-1-7(10(16)17)5-9(8)15-11(18)12(6-14)3-4-12/h1-2,5H,3-4,6,14H2,(H,15,18)(H,16,17). The lowest BCUT2D eigenvalue weighted by molar-refractivity contribution is -0.120. The van der Waals surface area contributed by atoms with Crippen molar-refractivity contribution in [1.29, 1.82) is 0 Å². The first kappa shape index (κ1) is 12.9. The zero-order chi connectivity index (χ0) is 13.3. The van der Waals surface area contributed by atoms with Gasteiger partial charge in [-0.2, -0.15) is 0 Å². The fraction of sp³-hybridized carbons (Fsp3) is 0.333. The maximum atomic E-state index is 12.0. The molecule has 0 aromatic heterocycles. The number of halogens is 1. The van der Waals surface area contributed by atoms with Gasteiger partial charge in [0.05, 0.1) is 21.7 Å². The monoisotopic (exact) mass is 268 g/mol. The van der Waals surface area contributed by atoms with Crippen LogP contribution in [0.2, 0.25) is 5.02 Å². The number of carbonyl (C=O) groups excluding carboxylic acids is 1. The molecule has 0 atom stereocenters.